The van der Waals surface area contributed by atoms with Crippen LogP contribution in [-0.4, -0.2) is 63.6 Å². The molecule has 0 unspecified atom stereocenters. The van der Waals surface area contributed by atoms with Gasteiger partial charge in [-0.15, -0.1) is 0 Å². The average molecular weight is 431 g/mol. The molecule has 4 rings (SSSR count). The second-order valence-electron chi connectivity index (χ2n) is 7.95. The Morgan fingerprint density at radius 1 is 1.07 bits per heavy atom. The third-order valence-corrected chi connectivity index (χ3v) is 7.27. The Hall–Kier alpha value is -2.74. The number of carbonyl (C=O) groups is 1. The number of ether oxygens (including phenoxy) is 2. The van der Waals surface area contributed by atoms with Crippen molar-refractivity contribution in [1.29, 1.82) is 0 Å². The number of amides is 1. The van der Waals surface area contributed by atoms with E-state index in [1.807, 2.05) is 55.4 Å². The van der Waals surface area contributed by atoms with Gasteiger partial charge >= 0.3 is 0 Å². The minimum atomic E-state index is -3.14. The van der Waals surface area contributed by atoms with Crippen LogP contribution in [0.3, 0.4) is 0 Å². The summed E-state index contributed by atoms with van der Waals surface area (Å²) in [5.74, 6) is 0.973. The topological polar surface area (TPSA) is 76.2 Å². The van der Waals surface area contributed by atoms with Crippen LogP contribution in [0.25, 0.3) is 0 Å². The van der Waals surface area contributed by atoms with Crippen molar-refractivity contribution in [3.63, 3.8) is 0 Å². The van der Waals surface area contributed by atoms with Crippen LogP contribution in [-0.2, 0) is 21.2 Å². The lowest BCUT2D eigenvalue weighted by Crippen LogP contribution is -2.50. The molecule has 30 heavy (non-hydrogen) atoms. The Morgan fingerprint density at radius 2 is 1.77 bits per heavy atom. The lowest BCUT2D eigenvalue weighted by molar-refractivity contribution is -0.143. The molecule has 7 nitrogen and oxygen atoms in total. The van der Waals surface area contributed by atoms with Crippen molar-refractivity contribution in [3.8, 4) is 11.5 Å². The van der Waals surface area contributed by atoms with Crippen LogP contribution in [0.5, 0.6) is 11.5 Å². The largest absolute Gasteiger partial charge is 0.485 e. The molecular formula is C22H26N2O5S. The number of anilines is 1. The predicted molar refractivity (Wildman–Crippen MR) is 115 cm³/mol. The summed E-state index contributed by atoms with van der Waals surface area (Å²) in [6.45, 7) is 0.430. The smallest absolute Gasteiger partial charge is 0.267 e. The van der Waals surface area contributed by atoms with Crippen LogP contribution in [0, 0.1) is 0 Å². The van der Waals surface area contributed by atoms with Gasteiger partial charge in [-0.25, -0.2) is 8.42 Å². The zero-order chi connectivity index (χ0) is 21.3. The first kappa shape index (κ1) is 20.5. The van der Waals surface area contributed by atoms with E-state index in [2.05, 4.69) is 0 Å². The van der Waals surface area contributed by atoms with Crippen LogP contribution in [0.1, 0.15) is 12.0 Å². The van der Waals surface area contributed by atoms with Gasteiger partial charge in [0.1, 0.15) is 6.61 Å². The molecule has 2 aromatic carbocycles. The zero-order valence-electron chi connectivity index (χ0n) is 17.2. The molecule has 0 spiro atoms. The highest BCUT2D eigenvalue weighted by atomic mass is 32.2. The predicted octanol–water partition coefficient (Wildman–Crippen LogP) is 2.11. The fraction of sp³-hybridized carbons (Fsp3) is 0.409. The maximum Gasteiger partial charge on any atom is 0.267 e. The van der Waals surface area contributed by atoms with E-state index in [0.29, 0.717) is 24.5 Å². The number of carbonyl (C=O) groups excluding carboxylic acids is 1. The first-order valence-corrected chi connectivity index (χ1v) is 11.8. The molecule has 1 fully saturated rings. The number of para-hydroxylation sites is 2. The lowest BCUT2D eigenvalue weighted by Gasteiger charge is -2.34. The summed E-state index contributed by atoms with van der Waals surface area (Å²) in [5.41, 5.74) is 2.00. The minimum absolute atomic E-state index is 0.0152. The maximum atomic E-state index is 13.4. The van der Waals surface area contributed by atoms with E-state index < -0.39 is 15.9 Å². The molecule has 160 valence electrons. The Kier molecular flexibility index (Phi) is 5.60. The quantitative estimate of drug-likeness (QED) is 0.723. The van der Waals surface area contributed by atoms with E-state index in [4.69, 9.17) is 9.47 Å². The second-order valence-corrected chi connectivity index (χ2v) is 10.2. The molecule has 2 aliphatic rings. The summed E-state index contributed by atoms with van der Waals surface area (Å²) >= 11 is 0. The van der Waals surface area contributed by atoms with E-state index in [1.54, 1.807) is 17.0 Å². The van der Waals surface area contributed by atoms with Gasteiger partial charge in [0.15, 0.2) is 21.3 Å². The number of benzene rings is 2. The summed E-state index contributed by atoms with van der Waals surface area (Å²) in [5, 5.41) is 0. The Morgan fingerprint density at radius 3 is 2.40 bits per heavy atom. The SMILES string of the molecule is CN(C)c1ccc(CN(C(=O)[C@H]2COc3ccccc3O2)[C@H]2CCS(=O)(=O)C2)cc1. The molecule has 2 aliphatic heterocycles. The van der Waals surface area contributed by atoms with E-state index in [1.165, 1.54) is 0 Å². The highest BCUT2D eigenvalue weighted by Crippen LogP contribution is 2.32. The number of nitrogens with zero attached hydrogens (tertiary/aromatic N) is 2. The molecule has 0 aliphatic carbocycles. The molecule has 2 heterocycles. The number of rotatable bonds is 5. The number of fused-ring (bicyclic) bond motifs is 1. The van der Waals surface area contributed by atoms with Crippen molar-refractivity contribution in [2.75, 3.05) is 37.1 Å². The van der Waals surface area contributed by atoms with E-state index >= 15 is 0 Å². The molecule has 0 N–H and O–H groups in total. The Balaban J connectivity index is 1.56. The summed E-state index contributed by atoms with van der Waals surface area (Å²) in [4.78, 5) is 17.1. The fourth-order valence-electron chi connectivity index (χ4n) is 3.83. The van der Waals surface area contributed by atoms with E-state index in [9.17, 15) is 13.2 Å². The summed E-state index contributed by atoms with van der Waals surface area (Å²) in [6.07, 6.45) is -0.363. The van der Waals surface area contributed by atoms with Crippen molar-refractivity contribution in [2.24, 2.45) is 0 Å². The zero-order valence-corrected chi connectivity index (χ0v) is 18.0. The fourth-order valence-corrected chi connectivity index (χ4v) is 5.56. The maximum absolute atomic E-state index is 13.4. The summed E-state index contributed by atoms with van der Waals surface area (Å²) in [7, 11) is 0.793. The summed E-state index contributed by atoms with van der Waals surface area (Å²) in [6, 6.07) is 14.8. The molecule has 2 atom stereocenters. The number of sulfone groups is 1. The van der Waals surface area contributed by atoms with Crippen LogP contribution in [0.4, 0.5) is 5.69 Å². The van der Waals surface area contributed by atoms with Gasteiger partial charge in [0.2, 0.25) is 6.10 Å². The van der Waals surface area contributed by atoms with Crippen molar-refractivity contribution < 1.29 is 22.7 Å². The van der Waals surface area contributed by atoms with Gasteiger partial charge in [-0.3, -0.25) is 4.79 Å². The molecular weight excluding hydrogens is 404 g/mol. The first-order chi connectivity index (χ1) is 14.3. The van der Waals surface area contributed by atoms with Gasteiger partial charge < -0.3 is 19.3 Å². The standard InChI is InChI=1S/C22H26N2O5S/c1-23(2)17-9-7-16(8-10-17)13-24(18-11-12-30(26,27)15-18)22(25)21-14-28-19-5-3-4-6-20(19)29-21/h3-10,18,21H,11-15H2,1-2H3/t18-,21+/m0/s1. The molecule has 0 saturated carbocycles. The molecule has 2 aromatic rings. The highest BCUT2D eigenvalue weighted by Gasteiger charge is 2.39. The molecule has 0 aromatic heterocycles. The highest BCUT2D eigenvalue weighted by molar-refractivity contribution is 7.91. The molecule has 1 saturated heterocycles. The van der Waals surface area contributed by atoms with Crippen LogP contribution in [0.15, 0.2) is 48.5 Å². The number of hydrogen-bond donors (Lipinski definition) is 0. The van der Waals surface area contributed by atoms with Crippen molar-refractivity contribution >= 4 is 21.4 Å². The van der Waals surface area contributed by atoms with Gasteiger partial charge in [-0.1, -0.05) is 24.3 Å². The third kappa shape index (κ3) is 4.38. The van der Waals surface area contributed by atoms with E-state index in [0.717, 1.165) is 11.3 Å². The van der Waals surface area contributed by atoms with Crippen molar-refractivity contribution in [3.05, 3.63) is 54.1 Å². The molecule has 8 heteroatoms. The monoisotopic (exact) mass is 430 g/mol. The van der Waals surface area contributed by atoms with Gasteiger partial charge in [0, 0.05) is 32.4 Å². The van der Waals surface area contributed by atoms with Crippen molar-refractivity contribution in [1.82, 2.24) is 4.90 Å². The van der Waals surface area contributed by atoms with Gasteiger partial charge in [-0.05, 0) is 36.2 Å². The normalized spacial score (nSPS) is 21.8. The lowest BCUT2D eigenvalue weighted by atomic mass is 10.1. The molecule has 0 bridgehead atoms. The van der Waals surface area contributed by atoms with Gasteiger partial charge in [0.05, 0.1) is 11.5 Å². The van der Waals surface area contributed by atoms with Crippen LogP contribution < -0.4 is 14.4 Å². The molecule has 1 amide bonds. The first-order valence-electron chi connectivity index (χ1n) is 9.98. The van der Waals surface area contributed by atoms with Crippen LogP contribution in [0.2, 0.25) is 0 Å². The van der Waals surface area contributed by atoms with Crippen molar-refractivity contribution in [2.45, 2.75) is 25.1 Å². The van der Waals surface area contributed by atoms with Gasteiger partial charge in [-0.2, -0.15) is 0 Å². The second kappa shape index (κ2) is 8.18. The van der Waals surface area contributed by atoms with Crippen LogP contribution >= 0.6 is 0 Å². The number of hydrogen-bond acceptors (Lipinski definition) is 6. The van der Waals surface area contributed by atoms with E-state index in [-0.39, 0.29) is 30.1 Å². The summed E-state index contributed by atoms with van der Waals surface area (Å²) < 4.78 is 35.8. The Bertz CT molecular complexity index is 1020. The Labute approximate surface area is 177 Å². The third-order valence-electron chi connectivity index (χ3n) is 5.52. The average Bonchev–Trinajstić information content (AvgIpc) is 3.11. The minimum Gasteiger partial charge on any atom is -0.485 e. The molecule has 0 radical (unpaired) electrons. The van der Waals surface area contributed by atoms with Gasteiger partial charge in [0.25, 0.3) is 5.91 Å².